The number of aryl methyl sites for hydroxylation is 1. The van der Waals surface area contributed by atoms with Crippen LogP contribution >= 0.6 is 14.9 Å². The van der Waals surface area contributed by atoms with Crippen molar-refractivity contribution in [3.05, 3.63) is 60.2 Å². The molecule has 0 aliphatic rings. The molecule has 2 aromatic rings. The van der Waals surface area contributed by atoms with Crippen LogP contribution in [0.25, 0.3) is 0 Å². The summed E-state index contributed by atoms with van der Waals surface area (Å²) in [6.45, 7) is 4.03. The molecule has 1 atom stereocenters. The molecule has 0 radical (unpaired) electrons. The smallest absolute Gasteiger partial charge is 0.131 e. The molecule has 22 heavy (non-hydrogen) atoms. The Kier molecular flexibility index (Phi) is 6.24. The van der Waals surface area contributed by atoms with E-state index < -0.39 is 14.9 Å². The van der Waals surface area contributed by atoms with E-state index in [0.717, 1.165) is 35.5 Å². The number of hydrogen-bond acceptors (Lipinski definition) is 2. The van der Waals surface area contributed by atoms with Crippen LogP contribution in [0.2, 0.25) is 0 Å². The van der Waals surface area contributed by atoms with Crippen LogP contribution in [0.5, 0.6) is 0 Å². The van der Waals surface area contributed by atoms with Crippen molar-refractivity contribution in [1.29, 1.82) is 0 Å². The van der Waals surface area contributed by atoms with Gasteiger partial charge in [0.25, 0.3) is 0 Å². The maximum Gasteiger partial charge on any atom is 0.131 e. The highest BCUT2D eigenvalue weighted by molar-refractivity contribution is 7.63. The van der Waals surface area contributed by atoms with E-state index in [1.165, 1.54) is 5.56 Å². The maximum absolute atomic E-state index is 12.5. The molecule has 0 bridgehead atoms. The van der Waals surface area contributed by atoms with Crippen LogP contribution in [0, 0.1) is 0 Å². The monoisotopic (exact) mass is 334 g/mol. The van der Waals surface area contributed by atoms with Crippen LogP contribution in [0.3, 0.4) is 0 Å². The average Bonchev–Trinajstić information content (AvgIpc) is 2.60. The number of benzene rings is 2. The maximum atomic E-state index is 12.5. The second-order valence-corrected chi connectivity index (χ2v) is 11.2. The third-order valence-electron chi connectivity index (χ3n) is 4.21. The second-order valence-electron chi connectivity index (χ2n) is 5.56. The molecule has 4 heteroatoms. The van der Waals surface area contributed by atoms with Gasteiger partial charge in [-0.15, -0.1) is 0 Å². The first kappa shape index (κ1) is 17.3. The first-order chi connectivity index (χ1) is 10.6. The average molecular weight is 334 g/mol. The van der Waals surface area contributed by atoms with E-state index >= 15 is 0 Å². The SMILES string of the molecule is CCP(=O)(CC)CCc1ccc([PH](=O)c2ccccc2)cc1. The van der Waals surface area contributed by atoms with Gasteiger partial charge in [0, 0.05) is 16.8 Å². The van der Waals surface area contributed by atoms with Crippen molar-refractivity contribution in [3.63, 3.8) is 0 Å². The van der Waals surface area contributed by atoms with Gasteiger partial charge < -0.3 is 9.13 Å². The van der Waals surface area contributed by atoms with E-state index in [1.54, 1.807) is 0 Å². The van der Waals surface area contributed by atoms with E-state index in [9.17, 15) is 9.13 Å². The molecule has 0 saturated heterocycles. The fourth-order valence-corrected chi connectivity index (χ4v) is 5.50. The molecule has 2 aromatic carbocycles. The fourth-order valence-electron chi connectivity index (χ4n) is 2.45. The highest BCUT2D eigenvalue weighted by Crippen LogP contribution is 2.44. The van der Waals surface area contributed by atoms with Crippen LogP contribution in [-0.2, 0) is 15.6 Å². The van der Waals surface area contributed by atoms with Crippen molar-refractivity contribution < 1.29 is 9.13 Å². The Bertz CT molecular complexity index is 655. The van der Waals surface area contributed by atoms with E-state index in [1.807, 2.05) is 68.4 Å². The predicted octanol–water partition coefficient (Wildman–Crippen LogP) is 4.14. The van der Waals surface area contributed by atoms with Gasteiger partial charge in [-0.2, -0.15) is 0 Å². The number of rotatable bonds is 7. The van der Waals surface area contributed by atoms with Crippen LogP contribution < -0.4 is 10.6 Å². The first-order valence-electron chi connectivity index (χ1n) is 7.84. The van der Waals surface area contributed by atoms with Crippen molar-refractivity contribution in [2.45, 2.75) is 20.3 Å². The van der Waals surface area contributed by atoms with E-state index in [2.05, 4.69) is 0 Å². The fraction of sp³-hybridized carbons (Fsp3) is 0.333. The minimum absolute atomic E-state index is 0.771. The van der Waals surface area contributed by atoms with E-state index in [4.69, 9.17) is 0 Å². The largest absolute Gasteiger partial charge is 0.324 e. The quantitative estimate of drug-likeness (QED) is 0.713. The highest BCUT2D eigenvalue weighted by atomic mass is 31.2. The minimum atomic E-state index is -1.98. The first-order valence-corrected chi connectivity index (χ1v) is 11.5. The molecule has 118 valence electrons. The van der Waals surface area contributed by atoms with Crippen LogP contribution in [0.15, 0.2) is 54.6 Å². The topological polar surface area (TPSA) is 34.1 Å². The standard InChI is InChI=1S/C18H24O2P2/c1-3-22(20,4-2)15-14-16-10-12-18(13-11-16)21(19)17-8-6-5-7-9-17/h5-13,21H,3-4,14-15H2,1-2H3. The van der Waals surface area contributed by atoms with Gasteiger partial charge in [0.05, 0.1) is 7.14 Å². The summed E-state index contributed by atoms with van der Waals surface area (Å²) >= 11 is 0. The zero-order valence-electron chi connectivity index (χ0n) is 13.3. The van der Waals surface area contributed by atoms with Crippen molar-refractivity contribution in [2.24, 2.45) is 0 Å². The van der Waals surface area contributed by atoms with Crippen LogP contribution in [-0.4, -0.2) is 18.5 Å². The summed E-state index contributed by atoms with van der Waals surface area (Å²) in [7, 11) is -3.90. The normalized spacial score (nSPS) is 13.0. The Labute approximate surface area is 134 Å². The molecule has 0 N–H and O–H groups in total. The minimum Gasteiger partial charge on any atom is -0.324 e. The Hall–Kier alpha value is -1.10. The summed E-state index contributed by atoms with van der Waals surface area (Å²) in [4.78, 5) is 0. The molecule has 0 saturated carbocycles. The Morgan fingerprint density at radius 2 is 1.41 bits per heavy atom. The zero-order valence-corrected chi connectivity index (χ0v) is 15.2. The van der Waals surface area contributed by atoms with Crippen molar-refractivity contribution >= 4 is 25.6 Å². The molecule has 1 unspecified atom stereocenters. The Balaban J connectivity index is 2.05. The summed E-state index contributed by atoms with van der Waals surface area (Å²) < 4.78 is 24.9. The molecule has 2 rings (SSSR count). The lowest BCUT2D eigenvalue weighted by Crippen LogP contribution is -2.06. The molecular formula is C18H24O2P2. The molecule has 0 fully saturated rings. The van der Waals surface area contributed by atoms with Crippen molar-refractivity contribution in [3.8, 4) is 0 Å². The lowest BCUT2D eigenvalue weighted by atomic mass is 10.2. The van der Waals surface area contributed by atoms with Crippen LogP contribution in [0.1, 0.15) is 19.4 Å². The Morgan fingerprint density at radius 3 is 1.95 bits per heavy atom. The predicted molar refractivity (Wildman–Crippen MR) is 98.4 cm³/mol. The number of hydrogen-bond donors (Lipinski definition) is 0. The van der Waals surface area contributed by atoms with Gasteiger partial charge in [-0.1, -0.05) is 68.4 Å². The van der Waals surface area contributed by atoms with Gasteiger partial charge in [0.15, 0.2) is 0 Å². The zero-order chi connectivity index (χ0) is 16.0. The lowest BCUT2D eigenvalue weighted by Gasteiger charge is -2.14. The molecule has 2 nitrogen and oxygen atoms in total. The lowest BCUT2D eigenvalue weighted by molar-refractivity contribution is 0.575. The molecule has 0 spiro atoms. The van der Waals surface area contributed by atoms with Gasteiger partial charge in [0.1, 0.15) is 7.80 Å². The molecule has 0 aliphatic carbocycles. The van der Waals surface area contributed by atoms with Crippen molar-refractivity contribution in [2.75, 3.05) is 18.5 Å². The third-order valence-corrected chi connectivity index (χ3v) is 9.27. The van der Waals surface area contributed by atoms with Crippen molar-refractivity contribution in [1.82, 2.24) is 0 Å². The van der Waals surface area contributed by atoms with E-state index in [-0.39, 0.29) is 0 Å². The highest BCUT2D eigenvalue weighted by Gasteiger charge is 2.16. The van der Waals surface area contributed by atoms with Gasteiger partial charge in [-0.3, -0.25) is 0 Å². The molecule has 0 aromatic heterocycles. The molecule has 0 amide bonds. The Morgan fingerprint density at radius 1 is 0.864 bits per heavy atom. The summed E-state index contributed by atoms with van der Waals surface area (Å²) in [5.74, 6) is 0. The molecule has 0 heterocycles. The van der Waals surface area contributed by atoms with E-state index in [0.29, 0.717) is 0 Å². The van der Waals surface area contributed by atoms with Gasteiger partial charge in [-0.25, -0.2) is 0 Å². The van der Waals surface area contributed by atoms with Gasteiger partial charge >= 0.3 is 0 Å². The summed E-state index contributed by atoms with van der Waals surface area (Å²) in [5.41, 5.74) is 1.17. The van der Waals surface area contributed by atoms with Gasteiger partial charge in [-0.05, 0) is 24.3 Å². The molecule has 0 aliphatic heterocycles. The molecular weight excluding hydrogens is 310 g/mol. The third kappa shape index (κ3) is 4.45. The van der Waals surface area contributed by atoms with Gasteiger partial charge in [0.2, 0.25) is 0 Å². The summed E-state index contributed by atoms with van der Waals surface area (Å²) in [5, 5.41) is 1.77. The summed E-state index contributed by atoms with van der Waals surface area (Å²) in [6.07, 6.45) is 3.17. The second kappa shape index (κ2) is 7.95. The van der Waals surface area contributed by atoms with Crippen LogP contribution in [0.4, 0.5) is 0 Å². The summed E-state index contributed by atoms with van der Waals surface area (Å²) in [6, 6.07) is 17.5.